The van der Waals surface area contributed by atoms with Gasteiger partial charge in [-0.3, -0.25) is 4.79 Å². The molecule has 0 spiro atoms. The van der Waals surface area contributed by atoms with Gasteiger partial charge in [0.05, 0.1) is 5.92 Å². The number of rotatable bonds is 4. The van der Waals surface area contributed by atoms with Gasteiger partial charge in [-0.2, -0.15) is 0 Å². The molecular formula is C10H13Cl2NO2. The highest BCUT2D eigenvalue weighted by Crippen LogP contribution is 2.13. The zero-order valence-electron chi connectivity index (χ0n) is 8.02. The maximum absolute atomic E-state index is 10.7. The summed E-state index contributed by atoms with van der Waals surface area (Å²) in [6, 6.07) is 7.11. The first-order valence-corrected chi connectivity index (χ1v) is 4.68. The summed E-state index contributed by atoms with van der Waals surface area (Å²) in [5.74, 6) is -1.38. The lowest BCUT2D eigenvalue weighted by Crippen LogP contribution is -2.25. The summed E-state index contributed by atoms with van der Waals surface area (Å²) < 4.78 is 0. The van der Waals surface area contributed by atoms with Gasteiger partial charge in [-0.1, -0.05) is 23.7 Å². The molecule has 0 amide bonds. The molecule has 0 saturated carbocycles. The number of benzene rings is 1. The fraction of sp³-hybridized carbons (Fsp3) is 0.300. The van der Waals surface area contributed by atoms with Crippen molar-refractivity contribution in [3.8, 4) is 0 Å². The Morgan fingerprint density at radius 2 is 1.93 bits per heavy atom. The highest BCUT2D eigenvalue weighted by molar-refractivity contribution is 6.30. The van der Waals surface area contributed by atoms with E-state index in [1.54, 1.807) is 12.1 Å². The standard InChI is InChI=1S/C10H12ClNO2.ClH/c11-9-3-1-7(2-4-9)5-8(6-12)10(13)14;/h1-4,8H,5-6,12H2,(H,13,14);1H/t8-;/m0./s1. The quantitative estimate of drug-likeness (QED) is 0.858. The van der Waals surface area contributed by atoms with Crippen LogP contribution in [0.1, 0.15) is 5.56 Å². The molecule has 0 unspecified atom stereocenters. The molecular weight excluding hydrogens is 237 g/mol. The van der Waals surface area contributed by atoms with E-state index in [2.05, 4.69) is 0 Å². The van der Waals surface area contributed by atoms with Gasteiger partial charge in [0.1, 0.15) is 0 Å². The Labute approximate surface area is 99.6 Å². The molecule has 0 aromatic heterocycles. The molecule has 3 N–H and O–H groups in total. The Bertz CT molecular complexity index is 314. The second kappa shape index (κ2) is 6.67. The number of carbonyl (C=O) groups is 1. The number of carboxylic acid groups (broad SMARTS) is 1. The molecule has 1 aromatic rings. The molecule has 3 nitrogen and oxygen atoms in total. The van der Waals surface area contributed by atoms with E-state index >= 15 is 0 Å². The van der Waals surface area contributed by atoms with Crippen LogP contribution in [0.4, 0.5) is 0 Å². The second-order valence-corrected chi connectivity index (χ2v) is 3.54. The van der Waals surface area contributed by atoms with Crippen molar-refractivity contribution in [3.63, 3.8) is 0 Å². The van der Waals surface area contributed by atoms with E-state index in [9.17, 15) is 4.79 Å². The smallest absolute Gasteiger partial charge is 0.308 e. The monoisotopic (exact) mass is 249 g/mol. The van der Waals surface area contributed by atoms with Crippen molar-refractivity contribution in [1.29, 1.82) is 0 Å². The van der Waals surface area contributed by atoms with Gasteiger partial charge in [0.25, 0.3) is 0 Å². The van der Waals surface area contributed by atoms with Crippen molar-refractivity contribution >= 4 is 30.0 Å². The Hall–Kier alpha value is -0.770. The van der Waals surface area contributed by atoms with Crippen LogP contribution >= 0.6 is 24.0 Å². The molecule has 1 aromatic carbocycles. The SMILES string of the molecule is Cl.NC[C@H](Cc1ccc(Cl)cc1)C(=O)O. The molecule has 0 bridgehead atoms. The van der Waals surface area contributed by atoms with Crippen LogP contribution in [0.25, 0.3) is 0 Å². The number of nitrogens with two attached hydrogens (primary N) is 1. The van der Waals surface area contributed by atoms with Crippen LogP contribution in [-0.2, 0) is 11.2 Å². The molecule has 0 aliphatic carbocycles. The van der Waals surface area contributed by atoms with Crippen LogP contribution in [0.5, 0.6) is 0 Å². The van der Waals surface area contributed by atoms with Gasteiger partial charge in [0.15, 0.2) is 0 Å². The zero-order chi connectivity index (χ0) is 10.6. The van der Waals surface area contributed by atoms with E-state index in [1.165, 1.54) is 0 Å². The van der Waals surface area contributed by atoms with Crippen LogP contribution < -0.4 is 5.73 Å². The minimum Gasteiger partial charge on any atom is -0.481 e. The average Bonchev–Trinajstić information content (AvgIpc) is 2.16. The Morgan fingerprint density at radius 3 is 2.33 bits per heavy atom. The second-order valence-electron chi connectivity index (χ2n) is 3.10. The zero-order valence-corrected chi connectivity index (χ0v) is 9.59. The van der Waals surface area contributed by atoms with E-state index < -0.39 is 11.9 Å². The van der Waals surface area contributed by atoms with Crippen LogP contribution in [0, 0.1) is 5.92 Å². The number of hydrogen-bond donors (Lipinski definition) is 2. The Kier molecular flexibility index (Phi) is 6.32. The highest BCUT2D eigenvalue weighted by atomic mass is 35.5. The number of halogens is 2. The molecule has 5 heteroatoms. The van der Waals surface area contributed by atoms with Crippen LogP contribution in [0.15, 0.2) is 24.3 Å². The predicted molar refractivity (Wildman–Crippen MR) is 62.6 cm³/mol. The van der Waals surface area contributed by atoms with Crippen molar-refractivity contribution in [1.82, 2.24) is 0 Å². The third-order valence-corrected chi connectivity index (χ3v) is 2.28. The molecule has 15 heavy (non-hydrogen) atoms. The van der Waals surface area contributed by atoms with Gasteiger partial charge in [-0.15, -0.1) is 12.4 Å². The Morgan fingerprint density at radius 1 is 1.40 bits per heavy atom. The van der Waals surface area contributed by atoms with Crippen LogP contribution in [0.3, 0.4) is 0 Å². The number of aliphatic carboxylic acids is 1. The summed E-state index contributed by atoms with van der Waals surface area (Å²) in [4.78, 5) is 10.7. The first-order valence-electron chi connectivity index (χ1n) is 4.31. The van der Waals surface area contributed by atoms with Crippen LogP contribution in [-0.4, -0.2) is 17.6 Å². The molecule has 1 atom stereocenters. The van der Waals surface area contributed by atoms with E-state index in [4.69, 9.17) is 22.4 Å². The summed E-state index contributed by atoms with van der Waals surface area (Å²) in [6.07, 6.45) is 0.447. The van der Waals surface area contributed by atoms with Gasteiger partial charge >= 0.3 is 5.97 Å². The molecule has 0 fully saturated rings. The van der Waals surface area contributed by atoms with Crippen LogP contribution in [0.2, 0.25) is 5.02 Å². The topological polar surface area (TPSA) is 63.3 Å². The normalized spacial score (nSPS) is 11.6. The average molecular weight is 250 g/mol. The first kappa shape index (κ1) is 14.2. The van der Waals surface area contributed by atoms with Crippen molar-refractivity contribution in [2.75, 3.05) is 6.54 Å². The third-order valence-electron chi connectivity index (χ3n) is 2.03. The maximum Gasteiger partial charge on any atom is 0.308 e. The minimum atomic E-state index is -0.859. The van der Waals surface area contributed by atoms with E-state index in [0.717, 1.165) is 5.56 Å². The lowest BCUT2D eigenvalue weighted by Gasteiger charge is -2.09. The van der Waals surface area contributed by atoms with Gasteiger partial charge in [-0.05, 0) is 24.1 Å². The predicted octanol–water partition coefficient (Wildman–Crippen LogP) is 1.96. The Balaban J connectivity index is 0.00000196. The summed E-state index contributed by atoms with van der Waals surface area (Å²) in [7, 11) is 0. The van der Waals surface area contributed by atoms with Gasteiger partial charge < -0.3 is 10.8 Å². The van der Waals surface area contributed by atoms with E-state index in [0.29, 0.717) is 11.4 Å². The summed E-state index contributed by atoms with van der Waals surface area (Å²) >= 11 is 5.70. The lowest BCUT2D eigenvalue weighted by molar-refractivity contribution is -0.141. The minimum absolute atomic E-state index is 0. The maximum atomic E-state index is 10.7. The molecule has 0 radical (unpaired) electrons. The molecule has 84 valence electrons. The number of carboxylic acids is 1. The fourth-order valence-corrected chi connectivity index (χ4v) is 1.30. The van der Waals surface area contributed by atoms with Gasteiger partial charge in [0, 0.05) is 11.6 Å². The molecule has 0 heterocycles. The molecule has 0 aliphatic heterocycles. The van der Waals surface area contributed by atoms with E-state index in [-0.39, 0.29) is 19.0 Å². The highest BCUT2D eigenvalue weighted by Gasteiger charge is 2.15. The van der Waals surface area contributed by atoms with Crippen molar-refractivity contribution < 1.29 is 9.90 Å². The lowest BCUT2D eigenvalue weighted by atomic mass is 10.00. The largest absolute Gasteiger partial charge is 0.481 e. The first-order chi connectivity index (χ1) is 6.63. The third kappa shape index (κ3) is 4.51. The fourth-order valence-electron chi connectivity index (χ4n) is 1.18. The summed E-state index contributed by atoms with van der Waals surface area (Å²) in [5, 5.41) is 9.43. The van der Waals surface area contributed by atoms with Gasteiger partial charge in [0.2, 0.25) is 0 Å². The molecule has 1 rings (SSSR count). The summed E-state index contributed by atoms with van der Waals surface area (Å²) in [5.41, 5.74) is 6.28. The van der Waals surface area contributed by atoms with E-state index in [1.807, 2.05) is 12.1 Å². The molecule has 0 aliphatic rings. The van der Waals surface area contributed by atoms with Gasteiger partial charge in [-0.25, -0.2) is 0 Å². The summed E-state index contributed by atoms with van der Waals surface area (Å²) in [6.45, 7) is 0.151. The molecule has 0 saturated heterocycles. The van der Waals surface area contributed by atoms with Crippen molar-refractivity contribution in [2.45, 2.75) is 6.42 Å². The van der Waals surface area contributed by atoms with Crippen molar-refractivity contribution in [2.24, 2.45) is 11.7 Å². The number of hydrogen-bond acceptors (Lipinski definition) is 2. The van der Waals surface area contributed by atoms with Crippen molar-refractivity contribution in [3.05, 3.63) is 34.9 Å².